The second-order valence-corrected chi connectivity index (χ2v) is 6.50. The van der Waals surface area contributed by atoms with E-state index in [2.05, 4.69) is 0 Å². The van der Waals surface area contributed by atoms with Crippen LogP contribution in [0.4, 0.5) is 0 Å². The Morgan fingerprint density at radius 2 is 1.21 bits per heavy atom. The lowest BCUT2D eigenvalue weighted by Crippen LogP contribution is -2.37. The molecule has 0 aliphatic rings. The van der Waals surface area contributed by atoms with E-state index in [0.717, 1.165) is 11.1 Å². The molecule has 0 spiro atoms. The maximum Gasteiger partial charge on any atom is 0.320 e. The molecule has 0 heterocycles. The third-order valence-corrected chi connectivity index (χ3v) is 4.06. The number of hydrogen-bond donors (Lipinski definition) is 1. The standard InChI is InChI=1S/C22H25NO6/c24-20(25)12-7-13-23(14-21(26)28-16-18-8-3-1-4-9-18)15-22(27)29-17-19-10-5-2-6-11-19/h1-6,8-11H,7,12-17H2,(H,24,25). The number of ether oxygens (including phenoxy) is 2. The zero-order valence-electron chi connectivity index (χ0n) is 16.2. The van der Waals surface area contributed by atoms with E-state index in [1.807, 2.05) is 60.7 Å². The predicted molar refractivity (Wildman–Crippen MR) is 106 cm³/mol. The summed E-state index contributed by atoms with van der Waals surface area (Å²) in [4.78, 5) is 36.6. The average Bonchev–Trinajstić information content (AvgIpc) is 2.72. The minimum absolute atomic E-state index is 0.0470. The van der Waals surface area contributed by atoms with Gasteiger partial charge in [-0.2, -0.15) is 0 Å². The van der Waals surface area contributed by atoms with Gasteiger partial charge in [0.05, 0.1) is 13.1 Å². The molecule has 0 saturated heterocycles. The summed E-state index contributed by atoms with van der Waals surface area (Å²) in [5.74, 6) is -1.90. The molecule has 29 heavy (non-hydrogen) atoms. The fourth-order valence-corrected chi connectivity index (χ4v) is 2.60. The molecule has 0 amide bonds. The van der Waals surface area contributed by atoms with Crippen LogP contribution in [0.1, 0.15) is 24.0 Å². The number of carbonyl (C=O) groups excluding carboxylic acids is 2. The third-order valence-electron chi connectivity index (χ3n) is 4.06. The van der Waals surface area contributed by atoms with Crippen molar-refractivity contribution in [3.63, 3.8) is 0 Å². The van der Waals surface area contributed by atoms with Crippen molar-refractivity contribution >= 4 is 17.9 Å². The fourth-order valence-electron chi connectivity index (χ4n) is 2.60. The molecule has 0 aliphatic carbocycles. The average molecular weight is 399 g/mol. The van der Waals surface area contributed by atoms with Gasteiger partial charge in [0.15, 0.2) is 0 Å². The second kappa shape index (κ2) is 12.3. The summed E-state index contributed by atoms with van der Waals surface area (Å²) in [6, 6.07) is 18.5. The SMILES string of the molecule is O=C(O)CCCN(CC(=O)OCc1ccccc1)CC(=O)OCc1ccccc1. The lowest BCUT2D eigenvalue weighted by atomic mass is 10.2. The first-order valence-electron chi connectivity index (χ1n) is 9.36. The zero-order valence-corrected chi connectivity index (χ0v) is 16.2. The van der Waals surface area contributed by atoms with Gasteiger partial charge in [-0.1, -0.05) is 60.7 Å². The molecular weight excluding hydrogens is 374 g/mol. The molecule has 7 nitrogen and oxygen atoms in total. The molecule has 0 aromatic heterocycles. The van der Waals surface area contributed by atoms with Crippen molar-refractivity contribution in [2.75, 3.05) is 19.6 Å². The molecule has 0 unspecified atom stereocenters. The monoisotopic (exact) mass is 399 g/mol. The molecule has 0 fully saturated rings. The van der Waals surface area contributed by atoms with Crippen LogP contribution >= 0.6 is 0 Å². The number of benzene rings is 2. The van der Waals surface area contributed by atoms with Crippen molar-refractivity contribution in [2.24, 2.45) is 0 Å². The summed E-state index contributed by atoms with van der Waals surface area (Å²) in [5.41, 5.74) is 1.72. The number of rotatable bonds is 12. The Labute approximate surface area is 169 Å². The van der Waals surface area contributed by atoms with Gasteiger partial charge in [-0.25, -0.2) is 0 Å². The minimum Gasteiger partial charge on any atom is -0.481 e. The Kier molecular flexibility index (Phi) is 9.38. The van der Waals surface area contributed by atoms with Crippen LogP contribution in [0.3, 0.4) is 0 Å². The molecule has 2 aromatic carbocycles. The number of carbonyl (C=O) groups is 3. The topological polar surface area (TPSA) is 93.1 Å². The van der Waals surface area contributed by atoms with E-state index in [4.69, 9.17) is 14.6 Å². The first kappa shape index (κ1) is 22.1. The van der Waals surface area contributed by atoms with Crippen LogP contribution in [-0.2, 0) is 37.1 Å². The van der Waals surface area contributed by atoms with Crippen LogP contribution in [0.2, 0.25) is 0 Å². The highest BCUT2D eigenvalue weighted by atomic mass is 16.5. The second-order valence-electron chi connectivity index (χ2n) is 6.50. The van der Waals surface area contributed by atoms with Gasteiger partial charge in [-0.05, 0) is 24.1 Å². The third kappa shape index (κ3) is 9.53. The van der Waals surface area contributed by atoms with E-state index < -0.39 is 17.9 Å². The Hall–Kier alpha value is -3.19. The van der Waals surface area contributed by atoms with Crippen molar-refractivity contribution in [1.29, 1.82) is 0 Å². The normalized spacial score (nSPS) is 10.5. The number of nitrogens with zero attached hydrogens (tertiary/aromatic N) is 1. The molecule has 0 atom stereocenters. The summed E-state index contributed by atoms with van der Waals surface area (Å²) in [6.07, 6.45) is 0.266. The Bertz CT molecular complexity index is 721. The number of carboxylic acid groups (broad SMARTS) is 1. The minimum atomic E-state index is -0.928. The highest BCUT2D eigenvalue weighted by Gasteiger charge is 2.17. The van der Waals surface area contributed by atoms with Crippen molar-refractivity contribution in [2.45, 2.75) is 26.1 Å². The van der Waals surface area contributed by atoms with Crippen molar-refractivity contribution < 1.29 is 29.0 Å². The summed E-state index contributed by atoms with van der Waals surface area (Å²) in [5, 5.41) is 8.81. The summed E-state index contributed by atoms with van der Waals surface area (Å²) >= 11 is 0. The van der Waals surface area contributed by atoms with Crippen molar-refractivity contribution in [3.05, 3.63) is 71.8 Å². The van der Waals surface area contributed by atoms with Gasteiger partial charge in [-0.3, -0.25) is 19.3 Å². The lowest BCUT2D eigenvalue weighted by Gasteiger charge is -2.20. The number of hydrogen-bond acceptors (Lipinski definition) is 6. The first-order chi connectivity index (χ1) is 14.0. The summed E-state index contributed by atoms with van der Waals surface area (Å²) < 4.78 is 10.5. The van der Waals surface area contributed by atoms with Crippen LogP contribution in [0.5, 0.6) is 0 Å². The van der Waals surface area contributed by atoms with E-state index in [-0.39, 0.29) is 39.3 Å². The highest BCUT2D eigenvalue weighted by Crippen LogP contribution is 2.04. The molecular formula is C22H25NO6. The van der Waals surface area contributed by atoms with Gasteiger partial charge in [0, 0.05) is 6.42 Å². The van der Waals surface area contributed by atoms with Crippen molar-refractivity contribution in [1.82, 2.24) is 4.90 Å². The number of esters is 2. The van der Waals surface area contributed by atoms with Gasteiger partial charge in [0.2, 0.25) is 0 Å². The Balaban J connectivity index is 1.82. The lowest BCUT2D eigenvalue weighted by molar-refractivity contribution is -0.150. The van der Waals surface area contributed by atoms with E-state index >= 15 is 0 Å². The van der Waals surface area contributed by atoms with E-state index in [1.165, 1.54) is 0 Å². The molecule has 2 aromatic rings. The quantitative estimate of drug-likeness (QED) is 0.549. The van der Waals surface area contributed by atoms with Gasteiger partial charge in [0.25, 0.3) is 0 Å². The molecule has 7 heteroatoms. The van der Waals surface area contributed by atoms with Gasteiger partial charge in [0.1, 0.15) is 13.2 Å². The van der Waals surface area contributed by atoms with E-state index in [1.54, 1.807) is 4.90 Å². The molecule has 2 rings (SSSR count). The molecule has 0 aliphatic heterocycles. The van der Waals surface area contributed by atoms with E-state index in [9.17, 15) is 14.4 Å². The molecule has 154 valence electrons. The molecule has 0 saturated carbocycles. The molecule has 1 N–H and O–H groups in total. The van der Waals surface area contributed by atoms with E-state index in [0.29, 0.717) is 6.42 Å². The summed E-state index contributed by atoms with van der Waals surface area (Å²) in [7, 11) is 0. The summed E-state index contributed by atoms with van der Waals surface area (Å²) in [6.45, 7) is 0.315. The smallest absolute Gasteiger partial charge is 0.320 e. The highest BCUT2D eigenvalue weighted by molar-refractivity contribution is 5.75. The van der Waals surface area contributed by atoms with Crippen LogP contribution in [0.15, 0.2) is 60.7 Å². The number of aliphatic carboxylic acids is 1. The fraction of sp³-hybridized carbons (Fsp3) is 0.318. The van der Waals surface area contributed by atoms with Crippen molar-refractivity contribution in [3.8, 4) is 0 Å². The first-order valence-corrected chi connectivity index (χ1v) is 9.36. The maximum atomic E-state index is 12.2. The Morgan fingerprint density at radius 1 is 0.759 bits per heavy atom. The largest absolute Gasteiger partial charge is 0.481 e. The zero-order chi connectivity index (χ0) is 20.9. The van der Waals surface area contributed by atoms with Crippen LogP contribution in [-0.4, -0.2) is 47.5 Å². The van der Waals surface area contributed by atoms with Gasteiger partial charge >= 0.3 is 17.9 Å². The van der Waals surface area contributed by atoms with Crippen LogP contribution < -0.4 is 0 Å². The predicted octanol–water partition coefficient (Wildman–Crippen LogP) is 2.64. The molecule has 0 bridgehead atoms. The Morgan fingerprint density at radius 3 is 1.62 bits per heavy atom. The maximum absolute atomic E-state index is 12.2. The number of carboxylic acids is 1. The molecule has 0 radical (unpaired) electrons. The van der Waals surface area contributed by atoms with Gasteiger partial charge < -0.3 is 14.6 Å². The van der Waals surface area contributed by atoms with Crippen LogP contribution in [0, 0.1) is 0 Å². The van der Waals surface area contributed by atoms with Gasteiger partial charge in [-0.15, -0.1) is 0 Å². The van der Waals surface area contributed by atoms with Crippen LogP contribution in [0.25, 0.3) is 0 Å².